The fourth-order valence-corrected chi connectivity index (χ4v) is 2.60. The van der Waals surface area contributed by atoms with Crippen LogP contribution in [0.15, 0.2) is 42.2 Å². The Morgan fingerprint density at radius 3 is 2.92 bits per heavy atom. The lowest BCUT2D eigenvalue weighted by Gasteiger charge is -2.32. The predicted octanol–water partition coefficient (Wildman–Crippen LogP) is 1.89. The van der Waals surface area contributed by atoms with Crippen molar-refractivity contribution in [2.24, 2.45) is 4.99 Å². The smallest absolute Gasteiger partial charge is 0.191 e. The van der Waals surface area contributed by atoms with E-state index in [4.69, 9.17) is 4.74 Å². The third kappa shape index (κ3) is 7.48. The molecule has 0 aromatic carbocycles. The summed E-state index contributed by atoms with van der Waals surface area (Å²) in [6.07, 6.45) is 7.67. The Hall–Kier alpha value is -1.35. The summed E-state index contributed by atoms with van der Waals surface area (Å²) < 4.78 is 5.61. The minimum absolute atomic E-state index is 0. The summed E-state index contributed by atoms with van der Waals surface area (Å²) in [6, 6.07) is 4.24. The van der Waals surface area contributed by atoms with E-state index in [0.29, 0.717) is 19.2 Å². The van der Waals surface area contributed by atoms with Gasteiger partial charge < -0.3 is 15.4 Å². The summed E-state index contributed by atoms with van der Waals surface area (Å²) in [5.41, 5.74) is 0. The van der Waals surface area contributed by atoms with Crippen molar-refractivity contribution in [3.05, 3.63) is 37.2 Å². The highest BCUT2D eigenvalue weighted by Crippen LogP contribution is 2.09. The van der Waals surface area contributed by atoms with Gasteiger partial charge in [0, 0.05) is 38.9 Å². The van der Waals surface area contributed by atoms with Crippen molar-refractivity contribution in [1.82, 2.24) is 20.5 Å². The molecule has 0 spiro atoms. The molecule has 1 saturated heterocycles. The number of pyridine rings is 1. The van der Waals surface area contributed by atoms with Crippen LogP contribution < -0.4 is 15.4 Å². The molecule has 134 valence electrons. The van der Waals surface area contributed by atoms with Gasteiger partial charge in [-0.15, -0.1) is 30.6 Å². The number of hydrogen-bond acceptors (Lipinski definition) is 4. The highest BCUT2D eigenvalue weighted by molar-refractivity contribution is 14.0. The first kappa shape index (κ1) is 20.7. The van der Waals surface area contributed by atoms with Crippen molar-refractivity contribution in [3.63, 3.8) is 0 Å². The number of aliphatic imine (C=N–C) groups is 1. The van der Waals surface area contributed by atoms with Crippen molar-refractivity contribution in [3.8, 4) is 5.75 Å². The van der Waals surface area contributed by atoms with Crippen LogP contribution in [0.3, 0.4) is 0 Å². The third-order valence-electron chi connectivity index (χ3n) is 3.84. The van der Waals surface area contributed by atoms with Crippen LogP contribution in [-0.4, -0.2) is 61.7 Å². The number of nitrogens with zero attached hydrogens (tertiary/aromatic N) is 3. The zero-order chi connectivity index (χ0) is 16.3. The van der Waals surface area contributed by atoms with Crippen molar-refractivity contribution in [2.45, 2.75) is 18.9 Å². The van der Waals surface area contributed by atoms with Crippen LogP contribution in [0.1, 0.15) is 12.8 Å². The van der Waals surface area contributed by atoms with E-state index in [9.17, 15) is 0 Å². The zero-order valence-electron chi connectivity index (χ0n) is 14.3. The lowest BCUT2D eigenvalue weighted by atomic mass is 10.1. The van der Waals surface area contributed by atoms with Crippen LogP contribution in [0.4, 0.5) is 0 Å². The van der Waals surface area contributed by atoms with Crippen LogP contribution >= 0.6 is 24.0 Å². The number of rotatable bonds is 7. The van der Waals surface area contributed by atoms with Gasteiger partial charge in [-0.3, -0.25) is 14.9 Å². The quantitative estimate of drug-likeness (QED) is 0.221. The van der Waals surface area contributed by atoms with Crippen LogP contribution in [0.2, 0.25) is 0 Å². The van der Waals surface area contributed by atoms with Crippen LogP contribution in [0.5, 0.6) is 5.75 Å². The Bertz CT molecular complexity index is 489. The fourth-order valence-electron chi connectivity index (χ4n) is 2.60. The van der Waals surface area contributed by atoms with Gasteiger partial charge in [-0.2, -0.15) is 0 Å². The molecule has 0 aliphatic carbocycles. The summed E-state index contributed by atoms with van der Waals surface area (Å²) in [6.45, 7) is 8.25. The first-order valence-electron chi connectivity index (χ1n) is 8.15. The highest BCUT2D eigenvalue weighted by atomic mass is 127. The first-order valence-corrected chi connectivity index (χ1v) is 8.15. The van der Waals surface area contributed by atoms with Crippen molar-refractivity contribution >= 4 is 29.9 Å². The molecule has 1 aliphatic rings. The molecular formula is C17H28IN5O. The lowest BCUT2D eigenvalue weighted by molar-refractivity contribution is 0.225. The Balaban J connectivity index is 0.00000288. The fraction of sp³-hybridized carbons (Fsp3) is 0.529. The number of piperidine rings is 1. The molecule has 0 radical (unpaired) electrons. The molecular weight excluding hydrogens is 417 g/mol. The minimum Gasteiger partial charge on any atom is -0.490 e. The van der Waals surface area contributed by atoms with Gasteiger partial charge in [-0.25, -0.2) is 0 Å². The largest absolute Gasteiger partial charge is 0.490 e. The van der Waals surface area contributed by atoms with Crippen molar-refractivity contribution in [1.29, 1.82) is 0 Å². The molecule has 1 aromatic heterocycles. The summed E-state index contributed by atoms with van der Waals surface area (Å²) in [7, 11) is 1.80. The van der Waals surface area contributed by atoms with E-state index < -0.39 is 0 Å². The molecule has 6 nitrogen and oxygen atoms in total. The molecule has 0 amide bonds. The van der Waals surface area contributed by atoms with Gasteiger partial charge in [0.05, 0.1) is 12.7 Å². The standard InChI is InChI=1S/C17H27N5O.HI/c1-3-10-22-11-6-15(7-12-22)21-17(18-2)20-9-13-23-16-5-4-8-19-14-16;/h3-5,8,14-15H,1,6-7,9-13H2,2H3,(H2,18,20,21);1H. The minimum atomic E-state index is 0. The molecule has 0 unspecified atom stereocenters. The Morgan fingerprint density at radius 2 is 2.29 bits per heavy atom. The van der Waals surface area contributed by atoms with Gasteiger partial charge in [0.15, 0.2) is 5.96 Å². The Labute approximate surface area is 161 Å². The van der Waals surface area contributed by atoms with Gasteiger partial charge >= 0.3 is 0 Å². The Morgan fingerprint density at radius 1 is 1.50 bits per heavy atom. The third-order valence-corrected chi connectivity index (χ3v) is 3.84. The second-order valence-electron chi connectivity index (χ2n) is 5.54. The molecule has 7 heteroatoms. The molecule has 0 saturated carbocycles. The maximum Gasteiger partial charge on any atom is 0.191 e. The van der Waals surface area contributed by atoms with Crippen LogP contribution in [-0.2, 0) is 0 Å². The molecule has 1 aliphatic heterocycles. The number of nitrogens with one attached hydrogen (secondary N) is 2. The first-order chi connectivity index (χ1) is 11.3. The van der Waals surface area contributed by atoms with E-state index in [-0.39, 0.29) is 24.0 Å². The monoisotopic (exact) mass is 445 g/mol. The number of aromatic nitrogens is 1. The summed E-state index contributed by atoms with van der Waals surface area (Å²) >= 11 is 0. The van der Waals surface area contributed by atoms with Gasteiger partial charge in [0.2, 0.25) is 0 Å². The highest BCUT2D eigenvalue weighted by Gasteiger charge is 2.18. The van der Waals surface area contributed by atoms with Crippen LogP contribution in [0.25, 0.3) is 0 Å². The number of guanidine groups is 1. The van der Waals surface area contributed by atoms with E-state index in [1.807, 2.05) is 18.2 Å². The SMILES string of the molecule is C=CCN1CCC(NC(=NC)NCCOc2cccnc2)CC1.I. The van der Waals surface area contributed by atoms with E-state index in [2.05, 4.69) is 32.1 Å². The molecule has 0 bridgehead atoms. The number of hydrogen-bond donors (Lipinski definition) is 2. The molecule has 1 fully saturated rings. The number of likely N-dealkylation sites (tertiary alicyclic amines) is 1. The summed E-state index contributed by atoms with van der Waals surface area (Å²) in [5, 5.41) is 6.77. The van der Waals surface area contributed by atoms with Crippen molar-refractivity contribution < 1.29 is 4.74 Å². The van der Waals surface area contributed by atoms with E-state index in [0.717, 1.165) is 44.2 Å². The maximum atomic E-state index is 5.61. The van der Waals surface area contributed by atoms with E-state index in [1.165, 1.54) is 0 Å². The number of halogens is 1. The van der Waals surface area contributed by atoms with Gasteiger partial charge in [0.1, 0.15) is 12.4 Å². The second kappa shape index (κ2) is 12.1. The summed E-state index contributed by atoms with van der Waals surface area (Å²) in [4.78, 5) is 10.7. The summed E-state index contributed by atoms with van der Waals surface area (Å²) in [5.74, 6) is 1.62. The molecule has 0 atom stereocenters. The lowest BCUT2D eigenvalue weighted by Crippen LogP contribution is -2.49. The van der Waals surface area contributed by atoms with Gasteiger partial charge in [-0.05, 0) is 25.0 Å². The van der Waals surface area contributed by atoms with E-state index in [1.54, 1.807) is 19.4 Å². The molecule has 1 aromatic rings. The van der Waals surface area contributed by atoms with Gasteiger partial charge in [-0.1, -0.05) is 6.08 Å². The van der Waals surface area contributed by atoms with Crippen LogP contribution in [0, 0.1) is 0 Å². The topological polar surface area (TPSA) is 61.8 Å². The molecule has 2 N–H and O–H groups in total. The predicted molar refractivity (Wildman–Crippen MR) is 109 cm³/mol. The average molecular weight is 445 g/mol. The van der Waals surface area contributed by atoms with E-state index >= 15 is 0 Å². The van der Waals surface area contributed by atoms with Crippen molar-refractivity contribution in [2.75, 3.05) is 39.8 Å². The molecule has 2 heterocycles. The zero-order valence-corrected chi connectivity index (χ0v) is 16.6. The average Bonchev–Trinajstić information content (AvgIpc) is 2.60. The van der Waals surface area contributed by atoms with Gasteiger partial charge in [0.25, 0.3) is 0 Å². The second-order valence-corrected chi connectivity index (χ2v) is 5.54. The number of ether oxygens (including phenoxy) is 1. The molecule has 24 heavy (non-hydrogen) atoms. The maximum absolute atomic E-state index is 5.61. The Kier molecular flexibility index (Phi) is 10.4. The molecule has 2 rings (SSSR count). The normalized spacial score (nSPS) is 16.1.